The first-order valence-corrected chi connectivity index (χ1v) is 7.36. The van der Waals surface area contributed by atoms with Crippen molar-refractivity contribution in [3.05, 3.63) is 53.1 Å². The Morgan fingerprint density at radius 2 is 1.87 bits per heavy atom. The Morgan fingerprint density at radius 3 is 2.57 bits per heavy atom. The molecule has 0 spiro atoms. The summed E-state index contributed by atoms with van der Waals surface area (Å²) in [5.41, 5.74) is 0.902. The summed E-state index contributed by atoms with van der Waals surface area (Å²) in [6, 6.07) is 12.4. The molecule has 0 bridgehead atoms. The number of benzene rings is 2. The van der Waals surface area contributed by atoms with Gasteiger partial charge in [0.2, 0.25) is 0 Å². The standard InChI is InChI=1S/C17H18ClNO4/c1-21-15-7-6-12(8-16(15)22-2)10-19-17(20)11-23-14-5-3-4-13(18)9-14/h3-9H,10-11H2,1-2H3,(H,19,20). The second-order valence-electron chi connectivity index (χ2n) is 4.71. The van der Waals surface area contributed by atoms with Gasteiger partial charge < -0.3 is 19.5 Å². The number of nitrogens with one attached hydrogen (secondary N) is 1. The third-order valence-electron chi connectivity index (χ3n) is 3.10. The Labute approximate surface area is 140 Å². The molecule has 0 radical (unpaired) electrons. The van der Waals surface area contributed by atoms with Crippen LogP contribution in [0.2, 0.25) is 5.02 Å². The summed E-state index contributed by atoms with van der Waals surface area (Å²) >= 11 is 5.85. The SMILES string of the molecule is COc1ccc(CNC(=O)COc2cccc(Cl)c2)cc1OC. The molecule has 0 aliphatic rings. The molecule has 122 valence electrons. The van der Waals surface area contributed by atoms with Crippen LogP contribution in [0.25, 0.3) is 0 Å². The van der Waals surface area contributed by atoms with E-state index in [1.54, 1.807) is 44.6 Å². The van der Waals surface area contributed by atoms with Crippen LogP contribution in [0.1, 0.15) is 5.56 Å². The maximum Gasteiger partial charge on any atom is 0.258 e. The highest BCUT2D eigenvalue weighted by Gasteiger charge is 2.07. The van der Waals surface area contributed by atoms with E-state index in [9.17, 15) is 4.79 Å². The number of hydrogen-bond donors (Lipinski definition) is 1. The fourth-order valence-electron chi connectivity index (χ4n) is 1.95. The number of carbonyl (C=O) groups is 1. The molecule has 0 saturated heterocycles. The van der Waals surface area contributed by atoms with Crippen LogP contribution in [0.15, 0.2) is 42.5 Å². The number of carbonyl (C=O) groups excluding carboxylic acids is 1. The molecule has 0 aliphatic heterocycles. The van der Waals surface area contributed by atoms with Gasteiger partial charge >= 0.3 is 0 Å². The molecule has 5 nitrogen and oxygen atoms in total. The summed E-state index contributed by atoms with van der Waals surface area (Å²) in [5, 5.41) is 3.34. The van der Waals surface area contributed by atoms with Crippen LogP contribution in [0, 0.1) is 0 Å². The molecule has 1 N–H and O–H groups in total. The molecule has 0 atom stereocenters. The average molecular weight is 336 g/mol. The van der Waals surface area contributed by atoms with Crippen LogP contribution >= 0.6 is 11.6 Å². The second kappa shape index (κ2) is 8.29. The number of halogens is 1. The smallest absolute Gasteiger partial charge is 0.258 e. The van der Waals surface area contributed by atoms with E-state index < -0.39 is 0 Å². The van der Waals surface area contributed by atoms with Crippen molar-refractivity contribution in [3.8, 4) is 17.2 Å². The molecule has 0 fully saturated rings. The fraction of sp³-hybridized carbons (Fsp3) is 0.235. The molecular formula is C17H18ClNO4. The molecule has 2 aromatic rings. The highest BCUT2D eigenvalue weighted by Crippen LogP contribution is 2.27. The fourth-order valence-corrected chi connectivity index (χ4v) is 2.13. The van der Waals surface area contributed by atoms with Gasteiger partial charge in [0.1, 0.15) is 5.75 Å². The third kappa shape index (κ3) is 5.07. The molecule has 2 aromatic carbocycles. The van der Waals surface area contributed by atoms with Gasteiger partial charge in [-0.2, -0.15) is 0 Å². The van der Waals surface area contributed by atoms with Crippen molar-refractivity contribution in [1.29, 1.82) is 0 Å². The Balaban J connectivity index is 1.84. The van der Waals surface area contributed by atoms with Crippen LogP contribution in [-0.2, 0) is 11.3 Å². The van der Waals surface area contributed by atoms with Crippen LogP contribution in [-0.4, -0.2) is 26.7 Å². The molecule has 23 heavy (non-hydrogen) atoms. The van der Waals surface area contributed by atoms with Gasteiger partial charge in [0, 0.05) is 11.6 Å². The summed E-state index contributed by atoms with van der Waals surface area (Å²) in [6.07, 6.45) is 0. The highest BCUT2D eigenvalue weighted by molar-refractivity contribution is 6.30. The molecule has 0 aliphatic carbocycles. The van der Waals surface area contributed by atoms with Crippen molar-refractivity contribution >= 4 is 17.5 Å². The lowest BCUT2D eigenvalue weighted by molar-refractivity contribution is -0.123. The average Bonchev–Trinajstić information content (AvgIpc) is 2.57. The summed E-state index contributed by atoms with van der Waals surface area (Å²) in [7, 11) is 3.14. The lowest BCUT2D eigenvalue weighted by Gasteiger charge is -2.11. The molecule has 0 saturated carbocycles. The van der Waals surface area contributed by atoms with Gasteiger partial charge in [0.25, 0.3) is 5.91 Å². The first kappa shape index (κ1) is 17.0. The van der Waals surface area contributed by atoms with Gasteiger partial charge in [0.15, 0.2) is 18.1 Å². The minimum atomic E-state index is -0.222. The molecule has 0 unspecified atom stereocenters. The van der Waals surface area contributed by atoms with Gasteiger partial charge in [-0.3, -0.25) is 4.79 Å². The largest absolute Gasteiger partial charge is 0.493 e. The third-order valence-corrected chi connectivity index (χ3v) is 3.34. The molecule has 0 aromatic heterocycles. The Bertz CT molecular complexity index is 675. The van der Waals surface area contributed by atoms with E-state index in [4.69, 9.17) is 25.8 Å². The summed E-state index contributed by atoms with van der Waals surface area (Å²) in [6.45, 7) is 0.297. The lowest BCUT2D eigenvalue weighted by Crippen LogP contribution is -2.28. The molecule has 0 heterocycles. The number of methoxy groups -OCH3 is 2. The van der Waals surface area contributed by atoms with Crippen molar-refractivity contribution in [2.45, 2.75) is 6.54 Å². The maximum absolute atomic E-state index is 11.8. The topological polar surface area (TPSA) is 56.8 Å². The predicted molar refractivity (Wildman–Crippen MR) is 88.3 cm³/mol. The summed E-state index contributed by atoms with van der Waals surface area (Å²) < 4.78 is 15.8. The summed E-state index contributed by atoms with van der Waals surface area (Å²) in [5.74, 6) is 1.60. The van der Waals surface area contributed by atoms with Crippen molar-refractivity contribution in [1.82, 2.24) is 5.32 Å². The summed E-state index contributed by atoms with van der Waals surface area (Å²) in [4.78, 5) is 11.8. The van der Waals surface area contributed by atoms with E-state index in [0.29, 0.717) is 28.8 Å². The maximum atomic E-state index is 11.8. The van der Waals surface area contributed by atoms with E-state index in [0.717, 1.165) is 5.56 Å². The minimum absolute atomic E-state index is 0.0758. The number of hydrogen-bond acceptors (Lipinski definition) is 4. The van der Waals surface area contributed by atoms with E-state index >= 15 is 0 Å². The Hall–Kier alpha value is -2.40. The van der Waals surface area contributed by atoms with E-state index in [1.807, 2.05) is 12.1 Å². The number of ether oxygens (including phenoxy) is 3. The Kier molecular flexibility index (Phi) is 6.11. The zero-order chi connectivity index (χ0) is 16.7. The van der Waals surface area contributed by atoms with E-state index in [2.05, 4.69) is 5.32 Å². The zero-order valence-electron chi connectivity index (χ0n) is 13.0. The number of rotatable bonds is 7. The predicted octanol–water partition coefficient (Wildman–Crippen LogP) is 3.05. The second-order valence-corrected chi connectivity index (χ2v) is 5.15. The lowest BCUT2D eigenvalue weighted by atomic mass is 10.2. The van der Waals surface area contributed by atoms with E-state index in [-0.39, 0.29) is 12.5 Å². The first-order chi connectivity index (χ1) is 11.1. The van der Waals surface area contributed by atoms with Crippen LogP contribution in [0.3, 0.4) is 0 Å². The van der Waals surface area contributed by atoms with Crippen LogP contribution in [0.4, 0.5) is 0 Å². The van der Waals surface area contributed by atoms with Gasteiger partial charge in [-0.1, -0.05) is 23.7 Å². The molecular weight excluding hydrogens is 318 g/mol. The molecule has 2 rings (SSSR count). The van der Waals surface area contributed by atoms with E-state index in [1.165, 1.54) is 0 Å². The molecule has 6 heteroatoms. The van der Waals surface area contributed by atoms with Crippen molar-refractivity contribution < 1.29 is 19.0 Å². The van der Waals surface area contributed by atoms with Crippen molar-refractivity contribution in [3.63, 3.8) is 0 Å². The van der Waals surface area contributed by atoms with Gasteiger partial charge in [-0.25, -0.2) is 0 Å². The van der Waals surface area contributed by atoms with Gasteiger partial charge in [-0.15, -0.1) is 0 Å². The van der Waals surface area contributed by atoms with Gasteiger partial charge in [0.05, 0.1) is 14.2 Å². The van der Waals surface area contributed by atoms with Crippen molar-refractivity contribution in [2.75, 3.05) is 20.8 Å². The van der Waals surface area contributed by atoms with Crippen LogP contribution in [0.5, 0.6) is 17.2 Å². The highest BCUT2D eigenvalue weighted by atomic mass is 35.5. The van der Waals surface area contributed by atoms with Gasteiger partial charge in [-0.05, 0) is 35.9 Å². The van der Waals surface area contributed by atoms with Crippen molar-refractivity contribution in [2.24, 2.45) is 0 Å². The quantitative estimate of drug-likeness (QED) is 0.845. The Morgan fingerprint density at radius 1 is 1.09 bits per heavy atom. The zero-order valence-corrected chi connectivity index (χ0v) is 13.7. The normalized spacial score (nSPS) is 10.0. The molecule has 1 amide bonds. The minimum Gasteiger partial charge on any atom is -0.493 e. The monoisotopic (exact) mass is 335 g/mol. The number of amides is 1. The first-order valence-electron chi connectivity index (χ1n) is 6.98. The van der Waals surface area contributed by atoms with Crippen LogP contribution < -0.4 is 19.5 Å².